The van der Waals surface area contributed by atoms with E-state index in [0.717, 1.165) is 21.3 Å². The van der Waals surface area contributed by atoms with Crippen LogP contribution in [0.2, 0.25) is 0 Å². The zero-order chi connectivity index (χ0) is 15.7. The lowest BCUT2D eigenvalue weighted by atomic mass is 9.90. The van der Waals surface area contributed by atoms with Crippen LogP contribution in [0.3, 0.4) is 0 Å². The van der Waals surface area contributed by atoms with E-state index in [-0.39, 0.29) is 11.8 Å². The summed E-state index contributed by atoms with van der Waals surface area (Å²) in [7, 11) is 5.05. The molecule has 116 valence electrons. The number of carbonyl (C=O) groups excluding carboxylic acids is 1. The fourth-order valence-electron chi connectivity index (χ4n) is 2.58. The highest BCUT2D eigenvalue weighted by atomic mass is 32.1. The highest BCUT2D eigenvalue weighted by Crippen LogP contribution is 2.45. The molecule has 0 aliphatic carbocycles. The van der Waals surface area contributed by atoms with E-state index in [1.54, 1.807) is 25.6 Å². The summed E-state index contributed by atoms with van der Waals surface area (Å²) in [6.07, 6.45) is 0.376. The first-order valence-electron chi connectivity index (χ1n) is 6.86. The molecule has 2 N–H and O–H groups in total. The third-order valence-electron chi connectivity index (χ3n) is 3.65. The Labute approximate surface area is 132 Å². The number of aromatic nitrogens is 1. The SMILES string of the molecule is CNc1nc2c(s1)C(c1ccc(OC)cc1OC)CC(=O)N2. The number of hydrogen-bond donors (Lipinski definition) is 2. The predicted octanol–water partition coefficient (Wildman–Crippen LogP) is 2.68. The molecule has 1 aliphatic rings. The van der Waals surface area contributed by atoms with Crippen LogP contribution in [-0.2, 0) is 4.79 Å². The van der Waals surface area contributed by atoms with Gasteiger partial charge in [-0.2, -0.15) is 0 Å². The van der Waals surface area contributed by atoms with E-state index in [9.17, 15) is 4.79 Å². The lowest BCUT2D eigenvalue weighted by Gasteiger charge is -2.23. The van der Waals surface area contributed by atoms with Crippen molar-refractivity contribution < 1.29 is 14.3 Å². The van der Waals surface area contributed by atoms with Crippen LogP contribution >= 0.6 is 11.3 Å². The van der Waals surface area contributed by atoms with Gasteiger partial charge >= 0.3 is 0 Å². The standard InChI is InChI=1S/C15H17N3O3S/c1-16-15-18-14-13(22-15)10(7-12(19)17-14)9-5-4-8(20-2)6-11(9)21-3/h4-6,10H,7H2,1-3H3,(H,16,18)(H,17,19). The molecular weight excluding hydrogens is 302 g/mol. The molecule has 7 heteroatoms. The Morgan fingerprint density at radius 1 is 1.36 bits per heavy atom. The van der Waals surface area contributed by atoms with Crippen LogP contribution in [0.5, 0.6) is 11.5 Å². The highest BCUT2D eigenvalue weighted by molar-refractivity contribution is 7.16. The first-order valence-corrected chi connectivity index (χ1v) is 7.68. The molecule has 0 saturated carbocycles. The largest absolute Gasteiger partial charge is 0.497 e. The predicted molar refractivity (Wildman–Crippen MR) is 86.3 cm³/mol. The summed E-state index contributed by atoms with van der Waals surface area (Å²) < 4.78 is 10.7. The number of benzene rings is 1. The highest BCUT2D eigenvalue weighted by Gasteiger charge is 2.32. The van der Waals surface area contributed by atoms with Gasteiger partial charge in [0.2, 0.25) is 5.91 Å². The van der Waals surface area contributed by atoms with E-state index in [2.05, 4.69) is 15.6 Å². The first kappa shape index (κ1) is 14.6. The molecule has 1 amide bonds. The molecule has 1 aromatic heterocycles. The lowest BCUT2D eigenvalue weighted by molar-refractivity contribution is -0.116. The van der Waals surface area contributed by atoms with Crippen molar-refractivity contribution >= 4 is 28.2 Å². The van der Waals surface area contributed by atoms with Crippen LogP contribution in [0.1, 0.15) is 22.8 Å². The molecule has 3 rings (SSSR count). The van der Waals surface area contributed by atoms with Crippen molar-refractivity contribution in [3.63, 3.8) is 0 Å². The molecule has 0 spiro atoms. The van der Waals surface area contributed by atoms with Gasteiger partial charge in [0, 0.05) is 31.0 Å². The Balaban J connectivity index is 2.08. The minimum absolute atomic E-state index is 0.0386. The molecule has 0 bridgehead atoms. The summed E-state index contributed by atoms with van der Waals surface area (Å²) in [5.74, 6) is 1.96. The van der Waals surface area contributed by atoms with Gasteiger partial charge in [0.1, 0.15) is 17.3 Å². The fraction of sp³-hybridized carbons (Fsp3) is 0.333. The minimum atomic E-state index is -0.0655. The van der Waals surface area contributed by atoms with Gasteiger partial charge in [0.15, 0.2) is 5.13 Å². The molecule has 22 heavy (non-hydrogen) atoms. The number of anilines is 2. The zero-order valence-corrected chi connectivity index (χ0v) is 13.4. The van der Waals surface area contributed by atoms with Gasteiger partial charge in [0.05, 0.1) is 19.1 Å². The van der Waals surface area contributed by atoms with Crippen molar-refractivity contribution in [2.45, 2.75) is 12.3 Å². The molecule has 0 saturated heterocycles. The quantitative estimate of drug-likeness (QED) is 0.906. The number of methoxy groups -OCH3 is 2. The molecular formula is C15H17N3O3S. The summed E-state index contributed by atoms with van der Waals surface area (Å²) in [5, 5.41) is 6.63. The molecule has 1 atom stereocenters. The monoisotopic (exact) mass is 319 g/mol. The van der Waals surface area contributed by atoms with Crippen LogP contribution in [0.25, 0.3) is 0 Å². The number of amides is 1. The molecule has 0 fully saturated rings. The average molecular weight is 319 g/mol. The second-order valence-electron chi connectivity index (χ2n) is 4.89. The molecule has 2 heterocycles. The fourth-order valence-corrected chi connectivity index (χ4v) is 3.58. The Bertz CT molecular complexity index is 714. The van der Waals surface area contributed by atoms with E-state index in [1.165, 1.54) is 0 Å². The van der Waals surface area contributed by atoms with Crippen molar-refractivity contribution in [1.82, 2.24) is 4.98 Å². The molecule has 1 aromatic carbocycles. The van der Waals surface area contributed by atoms with E-state index in [0.29, 0.717) is 18.0 Å². The zero-order valence-electron chi connectivity index (χ0n) is 12.6. The van der Waals surface area contributed by atoms with Crippen molar-refractivity contribution in [3.8, 4) is 11.5 Å². The second-order valence-corrected chi connectivity index (χ2v) is 5.93. The number of rotatable bonds is 4. The summed E-state index contributed by atoms with van der Waals surface area (Å²) in [6.45, 7) is 0. The number of ether oxygens (including phenoxy) is 2. The second kappa shape index (κ2) is 5.84. The first-order chi connectivity index (χ1) is 10.7. The van der Waals surface area contributed by atoms with E-state index < -0.39 is 0 Å². The molecule has 2 aromatic rings. The summed E-state index contributed by atoms with van der Waals surface area (Å²) in [5.41, 5.74) is 0.964. The van der Waals surface area contributed by atoms with Crippen molar-refractivity contribution in [1.29, 1.82) is 0 Å². The summed E-state index contributed by atoms with van der Waals surface area (Å²) in [4.78, 5) is 17.4. The van der Waals surface area contributed by atoms with E-state index in [1.807, 2.05) is 25.2 Å². The number of nitrogens with zero attached hydrogens (tertiary/aromatic N) is 1. The van der Waals surface area contributed by atoms with Gasteiger partial charge < -0.3 is 20.1 Å². The summed E-state index contributed by atoms with van der Waals surface area (Å²) >= 11 is 1.55. The maximum absolute atomic E-state index is 12.0. The number of nitrogens with one attached hydrogen (secondary N) is 2. The average Bonchev–Trinajstić information content (AvgIpc) is 2.96. The maximum Gasteiger partial charge on any atom is 0.226 e. The van der Waals surface area contributed by atoms with Crippen molar-refractivity contribution in [2.24, 2.45) is 0 Å². The lowest BCUT2D eigenvalue weighted by Crippen LogP contribution is -2.22. The van der Waals surface area contributed by atoms with Gasteiger partial charge in [-0.25, -0.2) is 4.98 Å². The van der Waals surface area contributed by atoms with Crippen molar-refractivity contribution in [2.75, 3.05) is 31.9 Å². The Hall–Kier alpha value is -2.28. The molecule has 1 unspecified atom stereocenters. The number of fused-ring (bicyclic) bond motifs is 1. The molecule has 6 nitrogen and oxygen atoms in total. The smallest absolute Gasteiger partial charge is 0.226 e. The Kier molecular flexibility index (Phi) is 3.89. The third kappa shape index (κ3) is 2.48. The van der Waals surface area contributed by atoms with Crippen molar-refractivity contribution in [3.05, 3.63) is 28.6 Å². The normalized spacial score (nSPS) is 16.7. The maximum atomic E-state index is 12.0. The summed E-state index contributed by atoms with van der Waals surface area (Å²) in [6, 6.07) is 5.66. The van der Waals surface area contributed by atoms with Gasteiger partial charge in [-0.05, 0) is 6.07 Å². The molecule has 0 radical (unpaired) electrons. The van der Waals surface area contributed by atoms with Crippen LogP contribution in [0, 0.1) is 0 Å². The van der Waals surface area contributed by atoms with Gasteiger partial charge in [-0.3, -0.25) is 4.79 Å². The van der Waals surface area contributed by atoms with Gasteiger partial charge in [0.25, 0.3) is 0 Å². The molecule has 1 aliphatic heterocycles. The number of carbonyl (C=O) groups is 1. The van der Waals surface area contributed by atoms with Crippen LogP contribution < -0.4 is 20.1 Å². The number of thiazole rings is 1. The van der Waals surface area contributed by atoms with Crippen LogP contribution in [0.15, 0.2) is 18.2 Å². The van der Waals surface area contributed by atoms with Gasteiger partial charge in [-0.15, -0.1) is 0 Å². The third-order valence-corrected chi connectivity index (χ3v) is 4.83. The topological polar surface area (TPSA) is 72.5 Å². The Morgan fingerprint density at radius 2 is 2.18 bits per heavy atom. The van der Waals surface area contributed by atoms with E-state index in [4.69, 9.17) is 9.47 Å². The van der Waals surface area contributed by atoms with Gasteiger partial charge in [-0.1, -0.05) is 17.4 Å². The number of hydrogen-bond acceptors (Lipinski definition) is 6. The van der Waals surface area contributed by atoms with E-state index >= 15 is 0 Å². The van der Waals surface area contributed by atoms with Crippen LogP contribution in [-0.4, -0.2) is 32.2 Å². The Morgan fingerprint density at radius 3 is 2.86 bits per heavy atom. The minimum Gasteiger partial charge on any atom is -0.497 e. The van der Waals surface area contributed by atoms with Crippen LogP contribution in [0.4, 0.5) is 10.9 Å².